The van der Waals surface area contributed by atoms with Gasteiger partial charge in [0.05, 0.1) is 17.9 Å². The van der Waals surface area contributed by atoms with Crippen LogP contribution in [0.15, 0.2) is 24.3 Å². The van der Waals surface area contributed by atoms with Gasteiger partial charge in [-0.05, 0) is 49.8 Å². The van der Waals surface area contributed by atoms with E-state index in [2.05, 4.69) is 59.8 Å². The quantitative estimate of drug-likeness (QED) is 0.661. The molecule has 1 aliphatic rings. The Balaban J connectivity index is 1.87. The number of benzene rings is 1. The van der Waals surface area contributed by atoms with Crippen molar-refractivity contribution >= 4 is 17.6 Å². The normalized spacial score (nSPS) is 14.4. The van der Waals surface area contributed by atoms with Gasteiger partial charge in [0.25, 0.3) is 0 Å². The highest BCUT2D eigenvalue weighted by Gasteiger charge is 2.31. The molecule has 1 fully saturated rings. The minimum Gasteiger partial charge on any atom is -0.333 e. The van der Waals surface area contributed by atoms with Crippen LogP contribution in [0, 0.1) is 25.7 Å². The summed E-state index contributed by atoms with van der Waals surface area (Å²) < 4.78 is 1.82. The highest BCUT2D eigenvalue weighted by Crippen LogP contribution is 2.30. The molecule has 2 amide bonds. The Labute approximate surface area is 192 Å². The van der Waals surface area contributed by atoms with Crippen molar-refractivity contribution in [2.45, 2.75) is 73.1 Å². The molecule has 1 aromatic carbocycles. The average Bonchev–Trinajstić information content (AvgIpc) is 3.05. The van der Waals surface area contributed by atoms with Gasteiger partial charge in [0.15, 0.2) is 0 Å². The van der Waals surface area contributed by atoms with Crippen LogP contribution in [0.5, 0.6) is 0 Å². The summed E-state index contributed by atoms with van der Waals surface area (Å²) in [6.45, 7) is 15.3. The first-order chi connectivity index (χ1) is 15.0. The molecule has 1 aromatic heterocycles. The summed E-state index contributed by atoms with van der Waals surface area (Å²) in [7, 11) is 0. The van der Waals surface area contributed by atoms with E-state index in [9.17, 15) is 9.59 Å². The number of carbonyl (C=O) groups excluding carboxylic acids is 2. The number of carbonyl (C=O) groups is 2. The van der Waals surface area contributed by atoms with Crippen LogP contribution < -0.4 is 5.32 Å². The van der Waals surface area contributed by atoms with E-state index in [4.69, 9.17) is 5.10 Å². The molecule has 0 spiro atoms. The molecule has 3 rings (SSSR count). The van der Waals surface area contributed by atoms with Crippen molar-refractivity contribution in [3.8, 4) is 5.69 Å². The summed E-state index contributed by atoms with van der Waals surface area (Å²) >= 11 is 0. The molecule has 6 heteroatoms. The fourth-order valence-electron chi connectivity index (χ4n) is 3.93. The first kappa shape index (κ1) is 24.0. The molecule has 0 atom stereocenters. The molecule has 1 aliphatic carbocycles. The van der Waals surface area contributed by atoms with Crippen LogP contribution in [-0.2, 0) is 15.0 Å². The highest BCUT2D eigenvalue weighted by molar-refractivity contribution is 5.94. The Bertz CT molecular complexity index is 980. The van der Waals surface area contributed by atoms with Crippen LogP contribution in [0.25, 0.3) is 5.69 Å². The van der Waals surface area contributed by atoms with Crippen molar-refractivity contribution in [3.63, 3.8) is 0 Å². The number of amides is 2. The summed E-state index contributed by atoms with van der Waals surface area (Å²) in [5.41, 5.74) is 3.97. The molecule has 6 nitrogen and oxygen atoms in total. The Morgan fingerprint density at radius 2 is 1.91 bits per heavy atom. The lowest BCUT2D eigenvalue weighted by Crippen LogP contribution is -2.44. The Kier molecular flexibility index (Phi) is 7.11. The maximum absolute atomic E-state index is 13.1. The third-order valence-corrected chi connectivity index (χ3v) is 6.24. The molecule has 1 saturated carbocycles. The predicted octanol–water partition coefficient (Wildman–Crippen LogP) is 5.01. The van der Waals surface area contributed by atoms with Gasteiger partial charge < -0.3 is 10.2 Å². The molecule has 32 heavy (non-hydrogen) atoms. The zero-order valence-electron chi connectivity index (χ0n) is 20.7. The van der Waals surface area contributed by atoms with E-state index in [-0.39, 0.29) is 29.7 Å². The number of nitrogens with zero attached hydrogens (tertiary/aromatic N) is 3. The zero-order chi connectivity index (χ0) is 23.6. The molecule has 0 aliphatic heterocycles. The number of anilines is 1. The van der Waals surface area contributed by atoms with E-state index in [1.807, 2.05) is 22.9 Å². The summed E-state index contributed by atoms with van der Waals surface area (Å²) in [5.74, 6) is 0.937. The number of hydrogen-bond donors (Lipinski definition) is 1. The minimum atomic E-state index is -0.190. The fraction of sp³-hybridized carbons (Fsp3) is 0.577. The second-order valence-electron chi connectivity index (χ2n) is 10.6. The lowest BCUT2D eigenvalue weighted by Gasteiger charge is -2.32. The molecule has 0 unspecified atom stereocenters. The zero-order valence-corrected chi connectivity index (χ0v) is 20.7. The van der Waals surface area contributed by atoms with Crippen molar-refractivity contribution < 1.29 is 9.59 Å². The van der Waals surface area contributed by atoms with E-state index >= 15 is 0 Å². The van der Waals surface area contributed by atoms with Crippen molar-refractivity contribution in [2.24, 2.45) is 11.8 Å². The van der Waals surface area contributed by atoms with E-state index in [1.54, 1.807) is 4.90 Å². The highest BCUT2D eigenvalue weighted by atomic mass is 16.2. The van der Waals surface area contributed by atoms with Gasteiger partial charge in [-0.2, -0.15) is 5.10 Å². The van der Waals surface area contributed by atoms with Crippen molar-refractivity contribution in [1.29, 1.82) is 0 Å². The van der Waals surface area contributed by atoms with E-state index < -0.39 is 0 Å². The molecular weight excluding hydrogens is 400 g/mol. The van der Waals surface area contributed by atoms with Crippen LogP contribution in [0.1, 0.15) is 70.7 Å². The van der Waals surface area contributed by atoms with E-state index in [0.717, 1.165) is 36.2 Å². The fourth-order valence-corrected chi connectivity index (χ4v) is 3.93. The Morgan fingerprint density at radius 1 is 1.22 bits per heavy atom. The second kappa shape index (κ2) is 9.47. The molecule has 0 radical (unpaired) electrons. The van der Waals surface area contributed by atoms with Gasteiger partial charge in [-0.1, -0.05) is 53.2 Å². The molecule has 1 heterocycles. The topological polar surface area (TPSA) is 67.2 Å². The summed E-state index contributed by atoms with van der Waals surface area (Å²) in [5, 5.41) is 7.89. The van der Waals surface area contributed by atoms with Crippen molar-refractivity contribution in [3.05, 3.63) is 41.1 Å². The minimum absolute atomic E-state index is 0.0658. The monoisotopic (exact) mass is 438 g/mol. The number of aryl methyl sites for hydroxylation is 1. The van der Waals surface area contributed by atoms with Gasteiger partial charge in [-0.15, -0.1) is 0 Å². The summed E-state index contributed by atoms with van der Waals surface area (Å²) in [6, 6.07) is 8.04. The van der Waals surface area contributed by atoms with Crippen LogP contribution in [0.4, 0.5) is 5.82 Å². The maximum Gasteiger partial charge on any atom is 0.245 e. The van der Waals surface area contributed by atoms with Gasteiger partial charge in [-0.25, -0.2) is 4.68 Å². The third kappa shape index (κ3) is 5.40. The number of rotatable bonds is 7. The third-order valence-electron chi connectivity index (χ3n) is 6.24. The van der Waals surface area contributed by atoms with Crippen molar-refractivity contribution in [2.75, 3.05) is 18.4 Å². The van der Waals surface area contributed by atoms with Gasteiger partial charge in [0.2, 0.25) is 11.8 Å². The number of hydrogen-bond acceptors (Lipinski definition) is 3. The smallest absolute Gasteiger partial charge is 0.245 e. The Hall–Kier alpha value is -2.63. The standard InChI is InChI=1S/C26H38N4O2/c1-17(2)15-29(25(32)20-11-9-12-20)16-24(31)27-23-14-22(26(5,6)7)28-30(23)21-13-8-10-18(3)19(21)4/h8,10,13-14,17,20H,9,11-12,15-16H2,1-7H3,(H,27,31). The van der Waals surface area contributed by atoms with E-state index in [0.29, 0.717) is 18.3 Å². The average molecular weight is 439 g/mol. The first-order valence-corrected chi connectivity index (χ1v) is 11.7. The lowest BCUT2D eigenvalue weighted by atomic mass is 9.84. The summed E-state index contributed by atoms with van der Waals surface area (Å²) in [6.07, 6.45) is 2.97. The van der Waals surface area contributed by atoms with Crippen LogP contribution in [-0.4, -0.2) is 39.6 Å². The van der Waals surface area contributed by atoms with Gasteiger partial charge >= 0.3 is 0 Å². The predicted molar refractivity (Wildman–Crippen MR) is 129 cm³/mol. The van der Waals surface area contributed by atoms with Crippen molar-refractivity contribution in [1.82, 2.24) is 14.7 Å². The van der Waals surface area contributed by atoms with Gasteiger partial charge in [0, 0.05) is 23.9 Å². The van der Waals surface area contributed by atoms with Crippen LogP contribution in [0.2, 0.25) is 0 Å². The number of aromatic nitrogens is 2. The molecule has 0 saturated heterocycles. The molecular formula is C26H38N4O2. The summed E-state index contributed by atoms with van der Waals surface area (Å²) in [4.78, 5) is 27.7. The first-order valence-electron chi connectivity index (χ1n) is 11.7. The number of nitrogens with one attached hydrogen (secondary N) is 1. The molecule has 0 bridgehead atoms. The van der Waals surface area contributed by atoms with Gasteiger partial charge in [0.1, 0.15) is 5.82 Å². The SMILES string of the molecule is Cc1cccc(-n2nc(C(C)(C)C)cc2NC(=O)CN(CC(C)C)C(=O)C2CCC2)c1C. The largest absolute Gasteiger partial charge is 0.333 e. The van der Waals surface area contributed by atoms with E-state index in [1.165, 1.54) is 5.56 Å². The molecule has 2 aromatic rings. The van der Waals surface area contributed by atoms with Crippen LogP contribution in [0.3, 0.4) is 0 Å². The second-order valence-corrected chi connectivity index (χ2v) is 10.6. The molecule has 174 valence electrons. The lowest BCUT2D eigenvalue weighted by molar-refractivity contribution is -0.141. The van der Waals surface area contributed by atoms with Crippen LogP contribution >= 0.6 is 0 Å². The Morgan fingerprint density at radius 3 is 2.47 bits per heavy atom. The maximum atomic E-state index is 13.1. The molecule has 1 N–H and O–H groups in total. The van der Waals surface area contributed by atoms with Gasteiger partial charge in [-0.3, -0.25) is 9.59 Å².